The lowest BCUT2D eigenvalue weighted by molar-refractivity contribution is 0.358. The van der Waals surface area contributed by atoms with E-state index in [0.717, 1.165) is 23.1 Å². The van der Waals surface area contributed by atoms with Crippen molar-refractivity contribution >= 4 is 32.6 Å². The zero-order valence-electron chi connectivity index (χ0n) is 10.7. The van der Waals surface area contributed by atoms with Gasteiger partial charge in [0.2, 0.25) is 10.0 Å². The molecular formula is C13H19IN2O2S. The zero-order chi connectivity index (χ0) is 13.7. The summed E-state index contributed by atoms with van der Waals surface area (Å²) in [5.74, 6) is 0.590. The van der Waals surface area contributed by atoms with Crippen molar-refractivity contribution in [3.05, 3.63) is 27.8 Å². The number of hydrogen-bond donors (Lipinski definition) is 2. The Hall–Kier alpha value is -0.180. The summed E-state index contributed by atoms with van der Waals surface area (Å²) in [5, 5.41) is 3.34. The van der Waals surface area contributed by atoms with Crippen molar-refractivity contribution in [3.63, 3.8) is 0 Å². The van der Waals surface area contributed by atoms with Crippen molar-refractivity contribution in [1.82, 2.24) is 10.0 Å². The van der Waals surface area contributed by atoms with Gasteiger partial charge in [0.25, 0.3) is 0 Å². The molecule has 0 spiro atoms. The lowest BCUT2D eigenvalue weighted by atomic mass is 9.96. The first kappa shape index (κ1) is 15.2. The van der Waals surface area contributed by atoms with E-state index in [1.807, 2.05) is 6.07 Å². The number of sulfonamides is 1. The minimum Gasteiger partial charge on any atom is -0.316 e. The van der Waals surface area contributed by atoms with E-state index < -0.39 is 10.0 Å². The van der Waals surface area contributed by atoms with E-state index >= 15 is 0 Å². The molecule has 0 radical (unpaired) electrons. The first-order chi connectivity index (χ1) is 9.08. The van der Waals surface area contributed by atoms with Crippen LogP contribution in [0, 0.1) is 9.49 Å². The Balaban J connectivity index is 1.87. The van der Waals surface area contributed by atoms with Gasteiger partial charge in [0.05, 0.1) is 4.90 Å². The second-order valence-electron chi connectivity index (χ2n) is 4.86. The Morgan fingerprint density at radius 2 is 2.26 bits per heavy atom. The average Bonchev–Trinajstić information content (AvgIpc) is 2.40. The van der Waals surface area contributed by atoms with Crippen LogP contribution < -0.4 is 10.0 Å². The molecule has 0 aromatic heterocycles. The lowest BCUT2D eigenvalue weighted by Crippen LogP contribution is -2.33. The predicted octanol–water partition coefficient (Wildman–Crippen LogP) is 1.96. The second kappa shape index (κ2) is 7.01. The molecule has 1 aromatic carbocycles. The van der Waals surface area contributed by atoms with Gasteiger partial charge in [-0.15, -0.1) is 0 Å². The molecule has 4 nitrogen and oxygen atoms in total. The molecule has 0 saturated carbocycles. The first-order valence-electron chi connectivity index (χ1n) is 6.54. The summed E-state index contributed by atoms with van der Waals surface area (Å²) < 4.78 is 27.8. The van der Waals surface area contributed by atoms with Crippen LogP contribution in [-0.2, 0) is 10.0 Å². The molecule has 0 bridgehead atoms. The third-order valence-corrected chi connectivity index (χ3v) is 5.48. The normalized spacial score (nSPS) is 20.4. The van der Waals surface area contributed by atoms with Gasteiger partial charge >= 0.3 is 0 Å². The van der Waals surface area contributed by atoms with Gasteiger partial charge < -0.3 is 5.32 Å². The van der Waals surface area contributed by atoms with E-state index in [-0.39, 0.29) is 0 Å². The van der Waals surface area contributed by atoms with Gasteiger partial charge in [-0.1, -0.05) is 6.07 Å². The Kier molecular flexibility index (Phi) is 5.61. The van der Waals surface area contributed by atoms with E-state index in [4.69, 9.17) is 0 Å². The van der Waals surface area contributed by atoms with Crippen LogP contribution in [0.5, 0.6) is 0 Å². The van der Waals surface area contributed by atoms with Crippen LogP contribution >= 0.6 is 22.6 Å². The predicted molar refractivity (Wildman–Crippen MR) is 84.6 cm³/mol. The molecule has 1 aliphatic heterocycles. The fourth-order valence-corrected chi connectivity index (χ4v) is 4.13. The van der Waals surface area contributed by atoms with Crippen LogP contribution in [0.25, 0.3) is 0 Å². The summed E-state index contributed by atoms with van der Waals surface area (Å²) in [6.07, 6.45) is 3.28. The maximum Gasteiger partial charge on any atom is 0.240 e. The molecule has 6 heteroatoms. The highest BCUT2D eigenvalue weighted by molar-refractivity contribution is 14.1. The van der Waals surface area contributed by atoms with Crippen LogP contribution in [0.2, 0.25) is 0 Å². The van der Waals surface area contributed by atoms with Crippen LogP contribution in [0.3, 0.4) is 0 Å². The maximum absolute atomic E-state index is 12.1. The Morgan fingerprint density at radius 1 is 1.42 bits per heavy atom. The van der Waals surface area contributed by atoms with Gasteiger partial charge in [-0.25, -0.2) is 13.1 Å². The molecular weight excluding hydrogens is 375 g/mol. The molecule has 2 rings (SSSR count). The molecule has 1 aliphatic rings. The molecule has 19 heavy (non-hydrogen) atoms. The molecule has 1 atom stereocenters. The topological polar surface area (TPSA) is 58.2 Å². The maximum atomic E-state index is 12.1. The lowest BCUT2D eigenvalue weighted by Gasteiger charge is -2.22. The van der Waals surface area contributed by atoms with Crippen molar-refractivity contribution in [1.29, 1.82) is 0 Å². The van der Waals surface area contributed by atoms with Gasteiger partial charge in [0, 0.05) is 10.1 Å². The summed E-state index contributed by atoms with van der Waals surface area (Å²) >= 11 is 2.12. The fraction of sp³-hybridized carbons (Fsp3) is 0.538. The Morgan fingerprint density at radius 3 is 2.95 bits per heavy atom. The zero-order valence-corrected chi connectivity index (χ0v) is 13.7. The largest absolute Gasteiger partial charge is 0.316 e. The number of benzene rings is 1. The van der Waals surface area contributed by atoms with E-state index in [9.17, 15) is 8.42 Å². The smallest absolute Gasteiger partial charge is 0.240 e. The second-order valence-corrected chi connectivity index (χ2v) is 7.87. The van der Waals surface area contributed by atoms with E-state index in [0.29, 0.717) is 17.4 Å². The first-order valence-corrected chi connectivity index (χ1v) is 9.10. The van der Waals surface area contributed by atoms with Gasteiger partial charge in [-0.05, 0) is 79.1 Å². The standard InChI is InChI=1S/C13H19IN2O2S/c14-12-4-1-5-13(9-12)19(17,18)16-8-6-11-3-2-7-15-10-11/h1,4-5,9,11,15-16H,2-3,6-8,10H2. The van der Waals surface area contributed by atoms with Gasteiger partial charge in [-0.2, -0.15) is 0 Å². The van der Waals surface area contributed by atoms with Crippen molar-refractivity contribution in [3.8, 4) is 0 Å². The fourth-order valence-electron chi connectivity index (χ4n) is 2.29. The number of rotatable bonds is 5. The SMILES string of the molecule is O=S(=O)(NCCC1CCCNC1)c1cccc(I)c1. The van der Waals surface area contributed by atoms with Gasteiger partial charge in [0.15, 0.2) is 0 Å². The Labute approximate surface area is 128 Å². The summed E-state index contributed by atoms with van der Waals surface area (Å²) in [6.45, 7) is 2.61. The molecule has 0 aliphatic carbocycles. The number of piperidine rings is 1. The highest BCUT2D eigenvalue weighted by Crippen LogP contribution is 2.15. The molecule has 106 valence electrons. The van der Waals surface area contributed by atoms with E-state index in [1.165, 1.54) is 12.8 Å². The minimum atomic E-state index is -3.36. The molecule has 0 amide bonds. The quantitative estimate of drug-likeness (QED) is 0.751. The molecule has 1 fully saturated rings. The molecule has 1 saturated heterocycles. The molecule has 2 N–H and O–H groups in total. The van der Waals surface area contributed by atoms with Crippen molar-refractivity contribution in [2.45, 2.75) is 24.2 Å². The number of hydrogen-bond acceptors (Lipinski definition) is 3. The van der Waals surface area contributed by atoms with Crippen LogP contribution in [-0.4, -0.2) is 28.1 Å². The van der Waals surface area contributed by atoms with E-state index in [1.54, 1.807) is 18.2 Å². The molecule has 1 unspecified atom stereocenters. The van der Waals surface area contributed by atoms with Crippen molar-refractivity contribution < 1.29 is 8.42 Å². The molecule has 1 aromatic rings. The summed E-state index contributed by atoms with van der Waals surface area (Å²) in [5.41, 5.74) is 0. The van der Waals surface area contributed by atoms with Gasteiger partial charge in [0.1, 0.15) is 0 Å². The number of nitrogens with one attached hydrogen (secondary N) is 2. The third kappa shape index (κ3) is 4.70. The number of halogens is 1. The monoisotopic (exact) mass is 394 g/mol. The molecule has 1 heterocycles. The van der Waals surface area contributed by atoms with E-state index in [2.05, 4.69) is 32.6 Å². The van der Waals surface area contributed by atoms with Crippen LogP contribution in [0.1, 0.15) is 19.3 Å². The minimum absolute atomic E-state index is 0.348. The summed E-state index contributed by atoms with van der Waals surface area (Å²) in [7, 11) is -3.36. The van der Waals surface area contributed by atoms with Crippen LogP contribution in [0.15, 0.2) is 29.2 Å². The average molecular weight is 394 g/mol. The summed E-state index contributed by atoms with van der Waals surface area (Å²) in [4.78, 5) is 0.348. The highest BCUT2D eigenvalue weighted by atomic mass is 127. The van der Waals surface area contributed by atoms with Crippen molar-refractivity contribution in [2.24, 2.45) is 5.92 Å². The Bertz CT molecular complexity index is 513. The highest BCUT2D eigenvalue weighted by Gasteiger charge is 2.16. The van der Waals surface area contributed by atoms with Crippen LogP contribution in [0.4, 0.5) is 0 Å². The van der Waals surface area contributed by atoms with Gasteiger partial charge in [-0.3, -0.25) is 0 Å². The summed E-state index contributed by atoms with van der Waals surface area (Å²) in [6, 6.07) is 6.96. The third-order valence-electron chi connectivity index (χ3n) is 3.35. The van der Waals surface area contributed by atoms with Crippen molar-refractivity contribution in [2.75, 3.05) is 19.6 Å².